The molecule has 1 aliphatic rings. The summed E-state index contributed by atoms with van der Waals surface area (Å²) in [6.45, 7) is 4.01. The zero-order valence-corrected chi connectivity index (χ0v) is 18.4. The van der Waals surface area contributed by atoms with Crippen LogP contribution in [-0.4, -0.2) is 48.6 Å². The van der Waals surface area contributed by atoms with E-state index in [9.17, 15) is 9.18 Å². The molecule has 0 spiro atoms. The van der Waals surface area contributed by atoms with E-state index < -0.39 is 0 Å². The van der Waals surface area contributed by atoms with Crippen LogP contribution < -0.4 is 10.1 Å². The lowest BCUT2D eigenvalue weighted by atomic mass is 10.1. The van der Waals surface area contributed by atoms with Crippen LogP contribution in [0.4, 0.5) is 4.39 Å². The summed E-state index contributed by atoms with van der Waals surface area (Å²) in [6.07, 6.45) is 5.52. The number of nitrogens with one attached hydrogen (secondary N) is 1. The minimum absolute atomic E-state index is 0.0754. The molecule has 1 fully saturated rings. The van der Waals surface area contributed by atoms with Crippen molar-refractivity contribution in [2.24, 2.45) is 0 Å². The molecule has 6 heteroatoms. The molecular formula is C26H29FN3O2+. The van der Waals surface area contributed by atoms with E-state index in [1.165, 1.54) is 44.5 Å². The molecule has 1 amide bonds. The zero-order chi connectivity index (χ0) is 22.4. The van der Waals surface area contributed by atoms with Crippen LogP contribution in [0.3, 0.4) is 0 Å². The van der Waals surface area contributed by atoms with E-state index in [4.69, 9.17) is 4.74 Å². The Morgan fingerprint density at radius 3 is 2.34 bits per heavy atom. The molecule has 2 heterocycles. The third-order valence-corrected chi connectivity index (χ3v) is 6.05. The Morgan fingerprint density at radius 2 is 1.66 bits per heavy atom. The number of benzene rings is 2. The SMILES string of the molecule is C[N+]1(CCNC(=O)c2ccnc(-c3ccc(Oc4ccc(F)cc4)cc3)c2)CCCCC1. The number of carbonyl (C=O) groups is 1. The summed E-state index contributed by atoms with van der Waals surface area (Å²) >= 11 is 0. The Balaban J connectivity index is 1.36. The maximum atomic E-state index is 13.0. The fourth-order valence-corrected chi connectivity index (χ4v) is 4.10. The number of rotatable bonds is 7. The third-order valence-electron chi connectivity index (χ3n) is 6.05. The number of aromatic nitrogens is 1. The standard InChI is InChI=1S/C26H28FN3O2/c1-30(16-3-2-4-17-30)18-15-29-26(31)21-13-14-28-25(19-21)20-5-9-23(10-6-20)32-24-11-7-22(27)8-12-24/h5-14,19H,2-4,15-18H2,1H3/p+1. The van der Waals surface area contributed by atoms with Crippen LogP contribution in [0.15, 0.2) is 66.9 Å². The summed E-state index contributed by atoms with van der Waals surface area (Å²) in [5.41, 5.74) is 2.21. The lowest BCUT2D eigenvalue weighted by Crippen LogP contribution is -2.51. The number of quaternary nitrogens is 1. The molecule has 0 unspecified atom stereocenters. The molecule has 3 aromatic rings. The molecule has 0 atom stereocenters. The molecular weight excluding hydrogens is 405 g/mol. The van der Waals surface area contributed by atoms with Gasteiger partial charge in [0.2, 0.25) is 0 Å². The Morgan fingerprint density at radius 1 is 1.00 bits per heavy atom. The molecule has 1 aliphatic heterocycles. The minimum atomic E-state index is -0.301. The van der Waals surface area contributed by atoms with Crippen molar-refractivity contribution in [2.45, 2.75) is 19.3 Å². The van der Waals surface area contributed by atoms with E-state index in [0.29, 0.717) is 23.6 Å². The van der Waals surface area contributed by atoms with Gasteiger partial charge in [0.25, 0.3) is 5.91 Å². The molecule has 2 aromatic carbocycles. The highest BCUT2D eigenvalue weighted by atomic mass is 19.1. The first-order valence-electron chi connectivity index (χ1n) is 11.1. The van der Waals surface area contributed by atoms with Crippen molar-refractivity contribution in [2.75, 3.05) is 33.2 Å². The highest BCUT2D eigenvalue weighted by Gasteiger charge is 2.24. The van der Waals surface area contributed by atoms with E-state index in [1.807, 2.05) is 30.3 Å². The van der Waals surface area contributed by atoms with Gasteiger partial charge in [-0.2, -0.15) is 0 Å². The summed E-state index contributed by atoms with van der Waals surface area (Å²) in [4.78, 5) is 17.1. The number of nitrogens with zero attached hydrogens (tertiary/aromatic N) is 2. The topological polar surface area (TPSA) is 51.2 Å². The predicted molar refractivity (Wildman–Crippen MR) is 123 cm³/mol. The van der Waals surface area contributed by atoms with Gasteiger partial charge in [-0.25, -0.2) is 4.39 Å². The van der Waals surface area contributed by atoms with Gasteiger partial charge in [-0.1, -0.05) is 0 Å². The molecule has 5 nitrogen and oxygen atoms in total. The largest absolute Gasteiger partial charge is 0.457 e. The Labute approximate surface area is 188 Å². The number of likely N-dealkylation sites (N-methyl/N-ethyl adjacent to an activating group) is 1. The average Bonchev–Trinajstić information content (AvgIpc) is 2.81. The molecule has 0 saturated carbocycles. The number of halogens is 1. The van der Waals surface area contributed by atoms with Gasteiger partial charge in [0.15, 0.2) is 0 Å². The number of hydrogen-bond donors (Lipinski definition) is 1. The number of pyridine rings is 1. The number of ether oxygens (including phenoxy) is 1. The second kappa shape index (κ2) is 9.92. The average molecular weight is 435 g/mol. The number of hydrogen-bond acceptors (Lipinski definition) is 3. The summed E-state index contributed by atoms with van der Waals surface area (Å²) in [6, 6.07) is 16.9. The van der Waals surface area contributed by atoms with Crippen molar-refractivity contribution < 1.29 is 18.4 Å². The summed E-state index contributed by atoms with van der Waals surface area (Å²) in [7, 11) is 2.28. The van der Waals surface area contributed by atoms with Gasteiger partial charge >= 0.3 is 0 Å². The Kier molecular flexibility index (Phi) is 6.81. The van der Waals surface area contributed by atoms with Crippen molar-refractivity contribution in [3.8, 4) is 22.8 Å². The molecule has 4 rings (SSSR count). The minimum Gasteiger partial charge on any atom is -0.457 e. The van der Waals surface area contributed by atoms with Crippen LogP contribution in [0.1, 0.15) is 29.6 Å². The summed E-state index contributed by atoms with van der Waals surface area (Å²) in [5.74, 6) is 0.832. The fraction of sp³-hybridized carbons (Fsp3) is 0.308. The second-order valence-electron chi connectivity index (χ2n) is 8.62. The first-order chi connectivity index (χ1) is 15.5. The van der Waals surface area contributed by atoms with Crippen LogP contribution in [0.25, 0.3) is 11.3 Å². The van der Waals surface area contributed by atoms with Crippen molar-refractivity contribution in [3.63, 3.8) is 0 Å². The van der Waals surface area contributed by atoms with Gasteiger partial charge in [-0.15, -0.1) is 0 Å². The number of piperidine rings is 1. The monoisotopic (exact) mass is 434 g/mol. The highest BCUT2D eigenvalue weighted by molar-refractivity contribution is 5.95. The van der Waals surface area contributed by atoms with Gasteiger partial charge in [-0.3, -0.25) is 9.78 Å². The van der Waals surface area contributed by atoms with Gasteiger partial charge in [0, 0.05) is 17.3 Å². The Hall–Kier alpha value is -3.25. The van der Waals surface area contributed by atoms with Crippen LogP contribution in [0, 0.1) is 5.82 Å². The first kappa shape index (κ1) is 22.0. The van der Waals surface area contributed by atoms with Gasteiger partial charge in [0.1, 0.15) is 17.3 Å². The molecule has 0 bridgehead atoms. The van der Waals surface area contributed by atoms with Crippen LogP contribution in [0.2, 0.25) is 0 Å². The van der Waals surface area contributed by atoms with E-state index in [2.05, 4.69) is 17.3 Å². The van der Waals surface area contributed by atoms with Gasteiger partial charge in [0.05, 0.1) is 38.9 Å². The number of amides is 1. The van der Waals surface area contributed by atoms with Gasteiger partial charge < -0.3 is 14.5 Å². The molecule has 0 radical (unpaired) electrons. The summed E-state index contributed by atoms with van der Waals surface area (Å²) < 4.78 is 19.8. The van der Waals surface area contributed by atoms with Crippen molar-refractivity contribution in [3.05, 3.63) is 78.2 Å². The lowest BCUT2D eigenvalue weighted by molar-refractivity contribution is -0.912. The maximum absolute atomic E-state index is 13.0. The molecule has 1 aromatic heterocycles. The maximum Gasteiger partial charge on any atom is 0.251 e. The summed E-state index contributed by atoms with van der Waals surface area (Å²) in [5, 5.41) is 3.06. The number of carbonyl (C=O) groups excluding carboxylic acids is 1. The fourth-order valence-electron chi connectivity index (χ4n) is 4.10. The molecule has 166 valence electrons. The predicted octanol–water partition coefficient (Wildman–Crippen LogP) is 5.04. The van der Waals surface area contributed by atoms with E-state index in [-0.39, 0.29) is 11.7 Å². The number of likely N-dealkylation sites (tertiary alicyclic amines) is 1. The second-order valence-corrected chi connectivity index (χ2v) is 8.62. The quantitative estimate of drug-likeness (QED) is 0.530. The normalized spacial score (nSPS) is 15.2. The van der Waals surface area contributed by atoms with E-state index >= 15 is 0 Å². The highest BCUT2D eigenvalue weighted by Crippen LogP contribution is 2.25. The van der Waals surface area contributed by atoms with Crippen molar-refractivity contribution in [1.29, 1.82) is 0 Å². The van der Waals surface area contributed by atoms with Gasteiger partial charge in [-0.05, 0) is 79.9 Å². The van der Waals surface area contributed by atoms with E-state index in [1.54, 1.807) is 24.4 Å². The molecule has 32 heavy (non-hydrogen) atoms. The van der Waals surface area contributed by atoms with Crippen LogP contribution >= 0.6 is 0 Å². The molecule has 0 aliphatic carbocycles. The van der Waals surface area contributed by atoms with E-state index in [0.717, 1.165) is 22.3 Å². The first-order valence-corrected chi connectivity index (χ1v) is 11.1. The zero-order valence-electron chi connectivity index (χ0n) is 18.4. The van der Waals surface area contributed by atoms with Crippen LogP contribution in [0.5, 0.6) is 11.5 Å². The van der Waals surface area contributed by atoms with Crippen molar-refractivity contribution >= 4 is 5.91 Å². The molecule has 1 saturated heterocycles. The smallest absolute Gasteiger partial charge is 0.251 e. The van der Waals surface area contributed by atoms with Crippen molar-refractivity contribution in [1.82, 2.24) is 10.3 Å². The van der Waals surface area contributed by atoms with Crippen LogP contribution in [-0.2, 0) is 0 Å². The Bertz CT molecular complexity index is 1050. The lowest BCUT2D eigenvalue weighted by Gasteiger charge is -2.37. The molecule has 1 N–H and O–H groups in total. The third kappa shape index (κ3) is 5.71.